The Morgan fingerprint density at radius 2 is 1.47 bits per heavy atom. The summed E-state index contributed by atoms with van der Waals surface area (Å²) >= 11 is 0. The molecule has 1 aliphatic rings. The fourth-order valence-electron chi connectivity index (χ4n) is 3.61. The van der Waals surface area contributed by atoms with Crippen molar-refractivity contribution >= 4 is 29.4 Å². The van der Waals surface area contributed by atoms with Crippen LogP contribution in [0.5, 0.6) is 5.75 Å². The van der Waals surface area contributed by atoms with E-state index in [0.717, 1.165) is 17.0 Å². The van der Waals surface area contributed by atoms with E-state index in [2.05, 4.69) is 5.32 Å². The maximum Gasteiger partial charge on any atom is 0.335 e. The number of imide groups is 1. The number of hydrogen-bond acceptors (Lipinski definition) is 5. The Morgan fingerprint density at radius 1 is 0.875 bits per heavy atom. The lowest BCUT2D eigenvalue weighted by Crippen LogP contribution is -2.48. The summed E-state index contributed by atoms with van der Waals surface area (Å²) in [6.45, 7) is 0. The molecule has 1 atom stereocenters. The van der Waals surface area contributed by atoms with Gasteiger partial charge in [-0.1, -0.05) is 42.5 Å². The van der Waals surface area contributed by atoms with Gasteiger partial charge in [0.25, 0.3) is 11.8 Å². The van der Waals surface area contributed by atoms with Gasteiger partial charge in [0.1, 0.15) is 11.8 Å². The van der Waals surface area contributed by atoms with Gasteiger partial charge in [-0.2, -0.15) is 0 Å². The van der Waals surface area contributed by atoms with Gasteiger partial charge in [-0.15, -0.1) is 0 Å². The number of fused-ring (bicyclic) bond motifs is 1. The second-order valence-corrected chi connectivity index (χ2v) is 7.26. The molecular formula is C24H18N2O6. The Labute approximate surface area is 182 Å². The number of hydrogen-bond donors (Lipinski definition) is 3. The average Bonchev–Trinajstić information content (AvgIpc) is 3.04. The van der Waals surface area contributed by atoms with Crippen LogP contribution in [0, 0.1) is 0 Å². The Hall–Kier alpha value is -4.46. The van der Waals surface area contributed by atoms with Crippen LogP contribution in [0.4, 0.5) is 5.69 Å². The fourth-order valence-corrected chi connectivity index (χ4v) is 3.61. The van der Waals surface area contributed by atoms with Crippen LogP contribution in [0.3, 0.4) is 0 Å². The number of carboxylic acids is 1. The van der Waals surface area contributed by atoms with E-state index >= 15 is 0 Å². The first-order valence-electron chi connectivity index (χ1n) is 9.75. The lowest BCUT2D eigenvalue weighted by Gasteiger charge is -2.25. The van der Waals surface area contributed by atoms with Crippen LogP contribution >= 0.6 is 0 Å². The van der Waals surface area contributed by atoms with Crippen LogP contribution in [0.2, 0.25) is 0 Å². The summed E-state index contributed by atoms with van der Waals surface area (Å²) in [5.74, 6) is -3.50. The van der Waals surface area contributed by atoms with E-state index in [-0.39, 0.29) is 34.5 Å². The number of rotatable bonds is 6. The van der Waals surface area contributed by atoms with E-state index in [1.807, 2.05) is 0 Å². The molecule has 3 aromatic rings. The highest BCUT2D eigenvalue weighted by Crippen LogP contribution is 2.29. The monoisotopic (exact) mass is 430 g/mol. The number of phenolic OH excluding ortho intramolecular Hbond substituents is 1. The Kier molecular flexibility index (Phi) is 5.43. The molecule has 0 saturated carbocycles. The molecule has 0 radical (unpaired) electrons. The molecule has 4 rings (SSSR count). The maximum absolute atomic E-state index is 13.3. The standard InChI is InChI=1S/C24H18N2O6/c27-20-11-10-15(24(31)32)13-18(20)25-21(28)19(12-14-6-2-1-3-7-14)26-22(29)16-8-4-5-9-17(16)23(26)30/h1-11,13,19,27H,12H2,(H,25,28)(H,31,32). The third-order valence-electron chi connectivity index (χ3n) is 5.21. The number of nitrogens with one attached hydrogen (secondary N) is 1. The molecule has 1 heterocycles. The topological polar surface area (TPSA) is 124 Å². The molecule has 32 heavy (non-hydrogen) atoms. The number of aromatic carboxylic acids is 1. The number of phenols is 1. The summed E-state index contributed by atoms with van der Waals surface area (Å²) in [6.07, 6.45) is 0.0392. The zero-order chi connectivity index (χ0) is 22.8. The van der Waals surface area contributed by atoms with Crippen molar-refractivity contribution in [3.8, 4) is 5.75 Å². The largest absolute Gasteiger partial charge is 0.506 e. The number of benzene rings is 3. The van der Waals surface area contributed by atoms with Gasteiger partial charge in [-0.3, -0.25) is 19.3 Å². The van der Waals surface area contributed by atoms with E-state index < -0.39 is 29.7 Å². The summed E-state index contributed by atoms with van der Waals surface area (Å²) in [5, 5.41) is 21.8. The zero-order valence-electron chi connectivity index (χ0n) is 16.7. The van der Waals surface area contributed by atoms with Crippen molar-refractivity contribution in [2.45, 2.75) is 12.5 Å². The summed E-state index contributed by atoms with van der Waals surface area (Å²) in [4.78, 5) is 51.4. The number of carbonyl (C=O) groups excluding carboxylic acids is 3. The van der Waals surface area contributed by atoms with Gasteiger partial charge in [-0.25, -0.2) is 4.79 Å². The first-order valence-corrected chi connectivity index (χ1v) is 9.75. The molecule has 0 aliphatic carbocycles. The Balaban J connectivity index is 1.70. The minimum Gasteiger partial charge on any atom is -0.506 e. The van der Waals surface area contributed by atoms with E-state index in [1.54, 1.807) is 42.5 Å². The number of amides is 3. The quantitative estimate of drug-likeness (QED) is 0.408. The molecule has 0 aromatic heterocycles. The van der Waals surface area contributed by atoms with Crippen LogP contribution in [-0.2, 0) is 11.2 Å². The highest BCUT2D eigenvalue weighted by Gasteiger charge is 2.42. The summed E-state index contributed by atoms with van der Waals surface area (Å²) in [6, 6.07) is 17.4. The SMILES string of the molecule is O=C(O)c1ccc(O)c(NC(=O)C(Cc2ccccc2)N2C(=O)c3ccccc3C2=O)c1. The highest BCUT2D eigenvalue weighted by molar-refractivity contribution is 6.23. The van der Waals surface area contributed by atoms with Crippen LogP contribution < -0.4 is 5.32 Å². The maximum atomic E-state index is 13.3. The van der Waals surface area contributed by atoms with Crippen molar-refractivity contribution < 1.29 is 29.4 Å². The van der Waals surface area contributed by atoms with Gasteiger partial charge in [0.05, 0.1) is 22.4 Å². The van der Waals surface area contributed by atoms with Crippen molar-refractivity contribution in [3.63, 3.8) is 0 Å². The molecule has 1 unspecified atom stereocenters. The predicted octanol–water partition coefficient (Wildman–Crippen LogP) is 2.94. The van der Waals surface area contributed by atoms with Crippen molar-refractivity contribution in [3.05, 3.63) is 95.1 Å². The normalized spacial score (nSPS) is 13.6. The third kappa shape index (κ3) is 3.81. The molecule has 1 aliphatic heterocycles. The van der Waals surface area contributed by atoms with Gasteiger partial charge >= 0.3 is 5.97 Å². The van der Waals surface area contributed by atoms with Gasteiger partial charge in [-0.05, 0) is 35.9 Å². The Bertz CT molecular complexity index is 1200. The predicted molar refractivity (Wildman–Crippen MR) is 115 cm³/mol. The number of anilines is 1. The highest BCUT2D eigenvalue weighted by atomic mass is 16.4. The van der Waals surface area contributed by atoms with E-state index in [1.165, 1.54) is 18.2 Å². The second-order valence-electron chi connectivity index (χ2n) is 7.26. The first kappa shape index (κ1) is 20.8. The smallest absolute Gasteiger partial charge is 0.335 e. The zero-order valence-corrected chi connectivity index (χ0v) is 16.7. The molecular weight excluding hydrogens is 412 g/mol. The van der Waals surface area contributed by atoms with E-state index in [0.29, 0.717) is 5.56 Å². The number of nitrogens with zero attached hydrogens (tertiary/aromatic N) is 1. The molecule has 8 nitrogen and oxygen atoms in total. The van der Waals surface area contributed by atoms with Gasteiger partial charge in [0, 0.05) is 6.42 Å². The number of aromatic hydroxyl groups is 1. The minimum atomic E-state index is -1.23. The summed E-state index contributed by atoms with van der Waals surface area (Å²) in [7, 11) is 0. The van der Waals surface area contributed by atoms with Crippen LogP contribution in [0.25, 0.3) is 0 Å². The van der Waals surface area contributed by atoms with Crippen molar-refractivity contribution in [1.29, 1.82) is 0 Å². The summed E-state index contributed by atoms with van der Waals surface area (Å²) in [5.41, 5.74) is 0.855. The van der Waals surface area contributed by atoms with Crippen molar-refractivity contribution in [2.75, 3.05) is 5.32 Å². The van der Waals surface area contributed by atoms with Crippen molar-refractivity contribution in [1.82, 2.24) is 4.90 Å². The molecule has 160 valence electrons. The Morgan fingerprint density at radius 3 is 2.06 bits per heavy atom. The molecule has 3 amide bonds. The number of carboxylic acid groups (broad SMARTS) is 1. The molecule has 3 N–H and O–H groups in total. The van der Waals surface area contributed by atoms with E-state index in [4.69, 9.17) is 0 Å². The molecule has 0 saturated heterocycles. The lowest BCUT2D eigenvalue weighted by atomic mass is 10.0. The van der Waals surface area contributed by atoms with Crippen LogP contribution in [0.15, 0.2) is 72.8 Å². The lowest BCUT2D eigenvalue weighted by molar-refractivity contribution is -0.120. The summed E-state index contributed by atoms with van der Waals surface area (Å²) < 4.78 is 0. The molecule has 0 bridgehead atoms. The van der Waals surface area contributed by atoms with Gasteiger partial charge in [0.15, 0.2) is 0 Å². The van der Waals surface area contributed by atoms with E-state index in [9.17, 15) is 29.4 Å². The molecule has 3 aromatic carbocycles. The first-order chi connectivity index (χ1) is 15.4. The van der Waals surface area contributed by atoms with Crippen molar-refractivity contribution in [2.24, 2.45) is 0 Å². The minimum absolute atomic E-state index is 0.0392. The van der Waals surface area contributed by atoms with Gasteiger partial charge in [0.2, 0.25) is 5.91 Å². The van der Waals surface area contributed by atoms with Crippen LogP contribution in [-0.4, -0.2) is 44.8 Å². The molecule has 8 heteroatoms. The fraction of sp³-hybridized carbons (Fsp3) is 0.0833. The average molecular weight is 430 g/mol. The second kappa shape index (κ2) is 8.35. The number of carbonyl (C=O) groups is 4. The molecule has 0 spiro atoms. The van der Waals surface area contributed by atoms with Gasteiger partial charge < -0.3 is 15.5 Å². The van der Waals surface area contributed by atoms with Crippen LogP contribution in [0.1, 0.15) is 36.6 Å². The third-order valence-corrected chi connectivity index (χ3v) is 5.21. The molecule has 0 fully saturated rings.